The van der Waals surface area contributed by atoms with Gasteiger partial charge in [0.15, 0.2) is 5.78 Å². The lowest BCUT2D eigenvalue weighted by atomic mass is 10.0. The van der Waals surface area contributed by atoms with Crippen molar-refractivity contribution < 1.29 is 14.3 Å². The fourth-order valence-corrected chi connectivity index (χ4v) is 2.03. The number of methoxy groups -OCH3 is 1. The number of carbonyl (C=O) groups is 1. The van der Waals surface area contributed by atoms with Gasteiger partial charge in [-0.2, -0.15) is 0 Å². The summed E-state index contributed by atoms with van der Waals surface area (Å²) in [4.78, 5) is 12.2. The van der Waals surface area contributed by atoms with Crippen molar-refractivity contribution in [2.24, 2.45) is 5.73 Å². The van der Waals surface area contributed by atoms with E-state index in [0.717, 1.165) is 12.8 Å². The van der Waals surface area contributed by atoms with Crippen molar-refractivity contribution in [3.05, 3.63) is 29.8 Å². The number of benzene rings is 1. The maximum absolute atomic E-state index is 12.2. The zero-order chi connectivity index (χ0) is 12.3. The number of ketones is 1. The molecule has 2 N–H and O–H groups in total. The average Bonchev–Trinajstić information content (AvgIpc) is 2.86. The molecule has 1 heterocycles. The van der Waals surface area contributed by atoms with E-state index in [1.54, 1.807) is 25.3 Å². The highest BCUT2D eigenvalue weighted by Gasteiger charge is 2.30. The Morgan fingerprint density at radius 1 is 1.53 bits per heavy atom. The molecule has 1 aromatic rings. The van der Waals surface area contributed by atoms with Crippen LogP contribution >= 0.6 is 0 Å². The minimum absolute atomic E-state index is 0.0138. The lowest BCUT2D eigenvalue weighted by Crippen LogP contribution is -2.25. The van der Waals surface area contributed by atoms with Gasteiger partial charge in [-0.1, -0.05) is 12.1 Å². The third kappa shape index (κ3) is 2.65. The Hall–Kier alpha value is -1.39. The topological polar surface area (TPSA) is 61.5 Å². The van der Waals surface area contributed by atoms with Gasteiger partial charge in [-0.05, 0) is 25.0 Å². The molecule has 2 unspecified atom stereocenters. The Morgan fingerprint density at radius 2 is 2.35 bits per heavy atom. The molecule has 1 fully saturated rings. The van der Waals surface area contributed by atoms with E-state index in [1.807, 2.05) is 6.07 Å². The fraction of sp³-hybridized carbons (Fsp3) is 0.462. The molecule has 2 rings (SSSR count). The normalized spacial score (nSPS) is 23.6. The number of rotatable bonds is 4. The standard InChI is InChI=1S/C13H17NO3/c1-16-10-4-2-3-9(7-10)13(15)12-6-5-11(8-14)17-12/h2-4,7,11-12H,5-6,8,14H2,1H3. The van der Waals surface area contributed by atoms with E-state index in [1.165, 1.54) is 0 Å². The summed E-state index contributed by atoms with van der Waals surface area (Å²) in [6.07, 6.45) is 1.28. The first-order valence-corrected chi connectivity index (χ1v) is 5.78. The van der Waals surface area contributed by atoms with Crippen molar-refractivity contribution in [3.8, 4) is 5.75 Å². The molecule has 0 radical (unpaired) electrons. The van der Waals surface area contributed by atoms with Gasteiger partial charge in [0.25, 0.3) is 0 Å². The first-order chi connectivity index (χ1) is 8.24. The zero-order valence-electron chi connectivity index (χ0n) is 9.89. The Bertz CT molecular complexity index is 405. The van der Waals surface area contributed by atoms with Crippen LogP contribution in [-0.4, -0.2) is 31.6 Å². The molecule has 0 aromatic heterocycles. The molecule has 4 heteroatoms. The lowest BCUT2D eigenvalue weighted by molar-refractivity contribution is 0.0404. The molecule has 1 saturated heterocycles. The molecular formula is C13H17NO3. The molecule has 0 amide bonds. The summed E-state index contributed by atoms with van der Waals surface area (Å²) in [7, 11) is 1.58. The number of nitrogens with two attached hydrogens (primary N) is 1. The van der Waals surface area contributed by atoms with Crippen LogP contribution in [0.3, 0.4) is 0 Å². The third-order valence-electron chi connectivity index (χ3n) is 3.02. The monoisotopic (exact) mass is 235 g/mol. The summed E-state index contributed by atoms with van der Waals surface area (Å²) >= 11 is 0. The quantitative estimate of drug-likeness (QED) is 0.801. The van der Waals surface area contributed by atoms with Crippen LogP contribution < -0.4 is 10.5 Å². The average molecular weight is 235 g/mol. The molecule has 0 spiro atoms. The molecule has 0 aliphatic carbocycles. The van der Waals surface area contributed by atoms with Crippen molar-refractivity contribution in [2.75, 3.05) is 13.7 Å². The predicted octanol–water partition coefficient (Wildman–Crippen LogP) is 1.38. The van der Waals surface area contributed by atoms with Crippen LogP contribution in [0.1, 0.15) is 23.2 Å². The van der Waals surface area contributed by atoms with Crippen LogP contribution in [0.25, 0.3) is 0 Å². The first-order valence-electron chi connectivity index (χ1n) is 5.78. The van der Waals surface area contributed by atoms with Crippen LogP contribution in [0.15, 0.2) is 24.3 Å². The zero-order valence-corrected chi connectivity index (χ0v) is 9.89. The maximum Gasteiger partial charge on any atom is 0.191 e. The minimum Gasteiger partial charge on any atom is -0.497 e. The van der Waals surface area contributed by atoms with Crippen LogP contribution in [0.5, 0.6) is 5.75 Å². The Kier molecular flexibility index (Phi) is 3.76. The van der Waals surface area contributed by atoms with Gasteiger partial charge in [0.1, 0.15) is 11.9 Å². The number of hydrogen-bond acceptors (Lipinski definition) is 4. The van der Waals surface area contributed by atoms with Crippen molar-refractivity contribution >= 4 is 5.78 Å². The number of hydrogen-bond donors (Lipinski definition) is 1. The van der Waals surface area contributed by atoms with Crippen LogP contribution in [-0.2, 0) is 4.74 Å². The van der Waals surface area contributed by atoms with Crippen molar-refractivity contribution in [1.82, 2.24) is 0 Å². The van der Waals surface area contributed by atoms with Gasteiger partial charge < -0.3 is 15.2 Å². The lowest BCUT2D eigenvalue weighted by Gasteiger charge is -2.11. The van der Waals surface area contributed by atoms with E-state index in [2.05, 4.69) is 0 Å². The Morgan fingerprint density at radius 3 is 3.00 bits per heavy atom. The van der Waals surface area contributed by atoms with E-state index in [0.29, 0.717) is 17.9 Å². The summed E-state index contributed by atoms with van der Waals surface area (Å²) in [5.74, 6) is 0.698. The number of Topliss-reactive ketones (excluding diaryl/α,β-unsaturated/α-hetero) is 1. The van der Waals surface area contributed by atoms with Crippen LogP contribution in [0, 0.1) is 0 Å². The molecule has 1 aromatic carbocycles. The molecule has 2 atom stereocenters. The molecule has 92 valence electrons. The highest BCUT2D eigenvalue weighted by Crippen LogP contribution is 2.23. The molecule has 1 aliphatic heterocycles. The van der Waals surface area contributed by atoms with Crippen molar-refractivity contribution in [3.63, 3.8) is 0 Å². The second-order valence-electron chi connectivity index (χ2n) is 4.16. The predicted molar refractivity (Wildman–Crippen MR) is 64.3 cm³/mol. The van der Waals surface area contributed by atoms with Gasteiger partial charge in [0.05, 0.1) is 13.2 Å². The van der Waals surface area contributed by atoms with E-state index in [4.69, 9.17) is 15.2 Å². The summed E-state index contributed by atoms with van der Waals surface area (Å²) < 4.78 is 10.7. The summed E-state index contributed by atoms with van der Waals surface area (Å²) in [5, 5.41) is 0. The third-order valence-corrected chi connectivity index (χ3v) is 3.02. The SMILES string of the molecule is COc1cccc(C(=O)C2CCC(CN)O2)c1. The van der Waals surface area contributed by atoms with Gasteiger partial charge in [-0.3, -0.25) is 4.79 Å². The van der Waals surface area contributed by atoms with Crippen molar-refractivity contribution in [2.45, 2.75) is 25.0 Å². The van der Waals surface area contributed by atoms with Crippen molar-refractivity contribution in [1.29, 1.82) is 0 Å². The molecule has 0 bridgehead atoms. The van der Waals surface area contributed by atoms with Gasteiger partial charge in [-0.15, -0.1) is 0 Å². The highest BCUT2D eigenvalue weighted by atomic mass is 16.5. The van der Waals surface area contributed by atoms with Gasteiger partial charge >= 0.3 is 0 Å². The first kappa shape index (κ1) is 12.1. The minimum atomic E-state index is -0.351. The van der Waals surface area contributed by atoms with Gasteiger partial charge in [-0.25, -0.2) is 0 Å². The second-order valence-corrected chi connectivity index (χ2v) is 4.16. The van der Waals surface area contributed by atoms with Gasteiger partial charge in [0, 0.05) is 12.1 Å². The van der Waals surface area contributed by atoms with E-state index in [9.17, 15) is 4.79 Å². The van der Waals surface area contributed by atoms with Crippen LogP contribution in [0.2, 0.25) is 0 Å². The molecular weight excluding hydrogens is 218 g/mol. The highest BCUT2D eigenvalue weighted by molar-refractivity contribution is 5.99. The Balaban J connectivity index is 2.09. The smallest absolute Gasteiger partial charge is 0.191 e. The van der Waals surface area contributed by atoms with Crippen LogP contribution in [0.4, 0.5) is 0 Å². The molecule has 0 saturated carbocycles. The number of ether oxygens (including phenoxy) is 2. The van der Waals surface area contributed by atoms with E-state index < -0.39 is 0 Å². The van der Waals surface area contributed by atoms with Gasteiger partial charge in [0.2, 0.25) is 0 Å². The fourth-order valence-electron chi connectivity index (χ4n) is 2.03. The number of carbonyl (C=O) groups excluding carboxylic acids is 1. The maximum atomic E-state index is 12.2. The van der Waals surface area contributed by atoms with E-state index >= 15 is 0 Å². The molecule has 4 nitrogen and oxygen atoms in total. The Labute approximate surface area is 101 Å². The largest absolute Gasteiger partial charge is 0.497 e. The summed E-state index contributed by atoms with van der Waals surface area (Å²) in [6.45, 7) is 0.474. The second kappa shape index (κ2) is 5.29. The summed E-state index contributed by atoms with van der Waals surface area (Å²) in [6, 6.07) is 7.14. The molecule has 1 aliphatic rings. The molecule has 17 heavy (non-hydrogen) atoms. The summed E-state index contributed by atoms with van der Waals surface area (Å²) in [5.41, 5.74) is 6.16. The van der Waals surface area contributed by atoms with E-state index in [-0.39, 0.29) is 18.0 Å².